The van der Waals surface area contributed by atoms with Crippen molar-refractivity contribution in [3.8, 4) is 0 Å². The largest absolute Gasteiger partial charge is 0.396 e. The minimum atomic E-state index is -0.548. The Labute approximate surface area is 175 Å². The van der Waals surface area contributed by atoms with Crippen molar-refractivity contribution in [3.63, 3.8) is 0 Å². The van der Waals surface area contributed by atoms with Gasteiger partial charge in [-0.25, -0.2) is 0 Å². The summed E-state index contributed by atoms with van der Waals surface area (Å²) < 4.78 is 6.07. The van der Waals surface area contributed by atoms with E-state index in [-0.39, 0.29) is 30.0 Å². The predicted octanol–water partition coefficient (Wildman–Crippen LogP) is 4.97. The van der Waals surface area contributed by atoms with Gasteiger partial charge in [0.25, 0.3) is 0 Å². The molecule has 0 radical (unpaired) electrons. The van der Waals surface area contributed by atoms with Crippen molar-refractivity contribution in [1.29, 1.82) is 0 Å². The van der Waals surface area contributed by atoms with E-state index in [9.17, 15) is 9.90 Å². The zero-order valence-corrected chi connectivity index (χ0v) is 18.0. The molecule has 1 N–H and O–H groups in total. The predicted molar refractivity (Wildman–Crippen MR) is 116 cm³/mol. The van der Waals surface area contributed by atoms with Gasteiger partial charge in [0, 0.05) is 31.5 Å². The van der Waals surface area contributed by atoms with Gasteiger partial charge in [0.1, 0.15) is 5.78 Å². The van der Waals surface area contributed by atoms with Crippen LogP contribution in [0.1, 0.15) is 57.4 Å². The van der Waals surface area contributed by atoms with E-state index in [1.54, 1.807) is 7.11 Å². The Kier molecular flexibility index (Phi) is 5.74. The highest BCUT2D eigenvalue weighted by Crippen LogP contribution is 2.73. The number of aryl methyl sites for hydroxylation is 1. The van der Waals surface area contributed by atoms with Gasteiger partial charge in [-0.05, 0) is 43.1 Å². The van der Waals surface area contributed by atoms with Gasteiger partial charge in [-0.15, -0.1) is 0 Å². The van der Waals surface area contributed by atoms with Gasteiger partial charge in [0.2, 0.25) is 0 Å². The fourth-order valence-corrected chi connectivity index (χ4v) is 7.34. The highest BCUT2D eigenvalue weighted by atomic mass is 16.5. The molecule has 0 spiro atoms. The average molecular weight is 397 g/mol. The Morgan fingerprint density at radius 1 is 1.21 bits per heavy atom. The number of aliphatic hydroxyl groups is 1. The number of ketones is 1. The lowest BCUT2D eigenvalue weighted by Gasteiger charge is -2.52. The van der Waals surface area contributed by atoms with Crippen LogP contribution in [0.5, 0.6) is 0 Å². The number of hydrogen-bond acceptors (Lipinski definition) is 3. The molecular weight excluding hydrogens is 360 g/mol. The van der Waals surface area contributed by atoms with E-state index in [4.69, 9.17) is 4.74 Å². The van der Waals surface area contributed by atoms with Crippen molar-refractivity contribution in [2.24, 2.45) is 28.6 Å². The van der Waals surface area contributed by atoms with Crippen LogP contribution in [0.25, 0.3) is 0 Å². The third-order valence-corrected chi connectivity index (χ3v) is 8.79. The van der Waals surface area contributed by atoms with Gasteiger partial charge in [-0.1, -0.05) is 68.7 Å². The smallest absolute Gasteiger partial charge is 0.142 e. The number of carbonyl (C=O) groups excluding carboxylic acids is 1. The maximum Gasteiger partial charge on any atom is 0.142 e. The molecule has 0 unspecified atom stereocenters. The Bertz CT molecular complexity index is 750. The zero-order chi connectivity index (χ0) is 20.6. The number of fused-ring (bicyclic) bond motifs is 2. The quantitative estimate of drug-likeness (QED) is 0.662. The van der Waals surface area contributed by atoms with Crippen LogP contribution in [0.4, 0.5) is 0 Å². The molecule has 0 amide bonds. The highest BCUT2D eigenvalue weighted by Gasteiger charge is 2.74. The molecule has 29 heavy (non-hydrogen) atoms. The molecule has 3 fully saturated rings. The van der Waals surface area contributed by atoms with Crippen molar-refractivity contribution >= 4 is 5.78 Å². The average Bonchev–Trinajstić information content (AvgIpc) is 3.21. The van der Waals surface area contributed by atoms with E-state index in [1.165, 1.54) is 43.2 Å². The summed E-state index contributed by atoms with van der Waals surface area (Å²) in [5.41, 5.74) is 1.61. The molecule has 158 valence electrons. The van der Waals surface area contributed by atoms with Crippen molar-refractivity contribution in [1.82, 2.24) is 0 Å². The first-order valence-electron chi connectivity index (χ1n) is 11.4. The molecule has 5 atom stereocenters. The molecule has 3 saturated carbocycles. The summed E-state index contributed by atoms with van der Waals surface area (Å²) in [7, 11) is 1.75. The molecule has 0 aromatic heterocycles. The minimum absolute atomic E-state index is 0.0878. The first-order chi connectivity index (χ1) is 14.0. The summed E-state index contributed by atoms with van der Waals surface area (Å²) in [6.45, 7) is 6.98. The number of methoxy groups -OCH3 is 1. The van der Waals surface area contributed by atoms with E-state index in [0.29, 0.717) is 18.1 Å². The van der Waals surface area contributed by atoms with Crippen LogP contribution in [-0.2, 0) is 16.0 Å². The van der Waals surface area contributed by atoms with Crippen LogP contribution in [0.3, 0.4) is 0 Å². The molecule has 4 rings (SSSR count). The number of Topliss-reactive ketones (excluding diaryl/α,β-unsaturated/α-hetero) is 1. The third-order valence-electron chi connectivity index (χ3n) is 8.79. The Balaban J connectivity index is 1.71. The zero-order valence-electron chi connectivity index (χ0n) is 18.0. The maximum atomic E-state index is 14.0. The topological polar surface area (TPSA) is 46.5 Å². The summed E-state index contributed by atoms with van der Waals surface area (Å²) in [5.74, 6) is 0.995. The molecule has 0 aliphatic heterocycles. The van der Waals surface area contributed by atoms with Gasteiger partial charge >= 0.3 is 0 Å². The van der Waals surface area contributed by atoms with Crippen molar-refractivity contribution in [2.45, 2.75) is 64.4 Å². The number of rotatable bonds is 7. The molecule has 0 heterocycles. The highest BCUT2D eigenvalue weighted by molar-refractivity contribution is 5.89. The van der Waals surface area contributed by atoms with Crippen molar-refractivity contribution in [2.75, 3.05) is 13.7 Å². The van der Waals surface area contributed by atoms with Gasteiger partial charge in [-0.3, -0.25) is 4.79 Å². The second-order valence-corrected chi connectivity index (χ2v) is 9.77. The molecule has 3 nitrogen and oxygen atoms in total. The second-order valence-electron chi connectivity index (χ2n) is 9.77. The Morgan fingerprint density at radius 2 is 1.90 bits per heavy atom. The summed E-state index contributed by atoms with van der Waals surface area (Å²) in [5, 5.41) is 10.1. The first-order valence-corrected chi connectivity index (χ1v) is 11.4. The van der Waals surface area contributed by atoms with Gasteiger partial charge in [0.15, 0.2) is 0 Å². The molecule has 0 saturated heterocycles. The fourth-order valence-electron chi connectivity index (χ4n) is 7.34. The van der Waals surface area contributed by atoms with Crippen LogP contribution in [0.15, 0.2) is 42.5 Å². The molecule has 2 bridgehead atoms. The lowest BCUT2D eigenvalue weighted by molar-refractivity contribution is -0.146. The SMILES string of the molecule is C=C1[C@@H]2[C@@H](CO)C[C@](C(=O)CCc3ccccc3)([C@@H]2OC)[C@@]1(C)C1CCCCC1. The summed E-state index contributed by atoms with van der Waals surface area (Å²) in [6.07, 6.45) is 8.02. The molecule has 3 heteroatoms. The monoisotopic (exact) mass is 396 g/mol. The Hall–Kier alpha value is -1.45. The van der Waals surface area contributed by atoms with Crippen molar-refractivity contribution < 1.29 is 14.6 Å². The van der Waals surface area contributed by atoms with Crippen LogP contribution in [-0.4, -0.2) is 30.7 Å². The van der Waals surface area contributed by atoms with Crippen LogP contribution >= 0.6 is 0 Å². The molecule has 1 aromatic rings. The first kappa shape index (κ1) is 20.8. The minimum Gasteiger partial charge on any atom is -0.396 e. The lowest BCUT2D eigenvalue weighted by atomic mass is 9.50. The summed E-state index contributed by atoms with van der Waals surface area (Å²) in [6, 6.07) is 10.3. The van der Waals surface area contributed by atoms with Gasteiger partial charge < -0.3 is 9.84 Å². The van der Waals surface area contributed by atoms with E-state index in [1.807, 2.05) is 18.2 Å². The summed E-state index contributed by atoms with van der Waals surface area (Å²) >= 11 is 0. The number of ether oxygens (including phenoxy) is 1. The number of aliphatic hydroxyl groups excluding tert-OH is 1. The third kappa shape index (κ3) is 2.96. The molecule has 3 aliphatic rings. The normalized spacial score (nSPS) is 37.2. The van der Waals surface area contributed by atoms with Gasteiger partial charge in [-0.2, -0.15) is 0 Å². The second kappa shape index (κ2) is 8.00. The number of carbonyl (C=O) groups is 1. The molecule has 3 aliphatic carbocycles. The van der Waals surface area contributed by atoms with Gasteiger partial charge in [0.05, 0.1) is 11.5 Å². The summed E-state index contributed by atoms with van der Waals surface area (Å²) in [4.78, 5) is 14.0. The number of hydrogen-bond donors (Lipinski definition) is 1. The van der Waals surface area contributed by atoms with Crippen LogP contribution in [0, 0.1) is 28.6 Å². The lowest BCUT2D eigenvalue weighted by Crippen LogP contribution is -2.53. The van der Waals surface area contributed by atoms with Crippen LogP contribution < -0.4 is 0 Å². The van der Waals surface area contributed by atoms with Crippen LogP contribution in [0.2, 0.25) is 0 Å². The molecule has 1 aromatic carbocycles. The van der Waals surface area contributed by atoms with E-state index < -0.39 is 5.41 Å². The van der Waals surface area contributed by atoms with E-state index in [2.05, 4.69) is 25.6 Å². The number of benzene rings is 1. The Morgan fingerprint density at radius 3 is 2.52 bits per heavy atom. The van der Waals surface area contributed by atoms with E-state index >= 15 is 0 Å². The maximum absolute atomic E-state index is 14.0. The van der Waals surface area contributed by atoms with Crippen molar-refractivity contribution in [3.05, 3.63) is 48.0 Å². The molecular formula is C26H36O3. The fraction of sp³-hybridized carbons (Fsp3) is 0.654. The van der Waals surface area contributed by atoms with E-state index in [0.717, 1.165) is 12.8 Å². The standard InChI is InChI=1S/C26H36O3/c1-18-23-20(17-27)16-26(24(23)29-3,25(18,2)21-12-8-5-9-13-21)22(28)15-14-19-10-6-4-7-11-19/h4,6-7,10-11,20-21,23-24,27H,1,5,8-9,12-17H2,2-3H3/t20-,23-,24-,25-,26+/m1/s1.